The lowest BCUT2D eigenvalue weighted by Crippen LogP contribution is -2.21. The summed E-state index contributed by atoms with van der Waals surface area (Å²) in [5, 5.41) is 28.4. The van der Waals surface area contributed by atoms with E-state index in [-0.39, 0.29) is 11.3 Å². The van der Waals surface area contributed by atoms with Gasteiger partial charge in [-0.15, -0.1) is 0 Å². The standard InChI is InChI=1S/C12H9NO7/c14-8(5-9(15)11(17)18)6-2-1-3-7(4-6)13-10(16)12(19)20/h1-5,14H,(H,13,16)(H,17,18)(H,19,20)/b8-5-. The van der Waals surface area contributed by atoms with Gasteiger partial charge in [-0.05, 0) is 12.1 Å². The second kappa shape index (κ2) is 6.14. The summed E-state index contributed by atoms with van der Waals surface area (Å²) < 4.78 is 0. The number of ketones is 1. The highest BCUT2D eigenvalue weighted by Gasteiger charge is 2.13. The molecule has 0 radical (unpaired) electrons. The van der Waals surface area contributed by atoms with Crippen LogP contribution in [-0.2, 0) is 19.2 Å². The number of carboxylic acids is 2. The van der Waals surface area contributed by atoms with Crippen molar-refractivity contribution in [2.24, 2.45) is 0 Å². The lowest BCUT2D eigenvalue weighted by Gasteiger charge is -2.05. The summed E-state index contributed by atoms with van der Waals surface area (Å²) in [5.74, 6) is -6.62. The number of aliphatic carboxylic acids is 2. The summed E-state index contributed by atoms with van der Waals surface area (Å²) in [5.41, 5.74) is 0.111. The second-order valence-electron chi connectivity index (χ2n) is 3.54. The Morgan fingerprint density at radius 1 is 1.00 bits per heavy atom. The van der Waals surface area contributed by atoms with Gasteiger partial charge >= 0.3 is 17.8 Å². The molecule has 0 bridgehead atoms. The van der Waals surface area contributed by atoms with Gasteiger partial charge in [0.1, 0.15) is 5.76 Å². The third kappa shape index (κ3) is 3.95. The number of anilines is 1. The Kier molecular flexibility index (Phi) is 4.57. The summed E-state index contributed by atoms with van der Waals surface area (Å²) >= 11 is 0. The Labute approximate surface area is 112 Å². The van der Waals surface area contributed by atoms with Crippen molar-refractivity contribution in [3.05, 3.63) is 35.9 Å². The Balaban J connectivity index is 2.98. The number of carbonyl (C=O) groups is 4. The molecule has 0 aliphatic carbocycles. The Bertz CT molecular complexity index is 618. The molecule has 0 fully saturated rings. The van der Waals surface area contributed by atoms with Gasteiger partial charge in [-0.25, -0.2) is 9.59 Å². The van der Waals surface area contributed by atoms with Crippen LogP contribution in [0.2, 0.25) is 0 Å². The van der Waals surface area contributed by atoms with Crippen molar-refractivity contribution in [1.29, 1.82) is 0 Å². The second-order valence-corrected chi connectivity index (χ2v) is 3.54. The van der Waals surface area contributed by atoms with Gasteiger partial charge in [-0.1, -0.05) is 12.1 Å². The highest BCUT2D eigenvalue weighted by molar-refractivity contribution is 6.38. The predicted octanol–water partition coefficient (Wildman–Crippen LogP) is 0.262. The van der Waals surface area contributed by atoms with E-state index in [4.69, 9.17) is 10.2 Å². The molecule has 8 heteroatoms. The smallest absolute Gasteiger partial charge is 0.394 e. The van der Waals surface area contributed by atoms with Crippen molar-refractivity contribution in [2.75, 3.05) is 5.32 Å². The van der Waals surface area contributed by atoms with Gasteiger partial charge in [0.2, 0.25) is 0 Å². The highest BCUT2D eigenvalue weighted by Crippen LogP contribution is 2.16. The molecule has 0 unspecified atom stereocenters. The molecule has 8 nitrogen and oxygen atoms in total. The fourth-order valence-corrected chi connectivity index (χ4v) is 1.21. The van der Waals surface area contributed by atoms with Crippen LogP contribution in [0.3, 0.4) is 0 Å². The molecule has 0 aromatic heterocycles. The first kappa shape index (κ1) is 14.9. The van der Waals surface area contributed by atoms with Crippen LogP contribution >= 0.6 is 0 Å². The lowest BCUT2D eigenvalue weighted by molar-refractivity contribution is -0.147. The fourth-order valence-electron chi connectivity index (χ4n) is 1.21. The van der Waals surface area contributed by atoms with E-state index in [2.05, 4.69) is 0 Å². The SMILES string of the molecule is O=C(O)C(=O)/C=C(\O)c1cccc(NC(=O)C(=O)O)c1. The average Bonchev–Trinajstić information content (AvgIpc) is 2.38. The zero-order chi connectivity index (χ0) is 15.3. The molecule has 0 aliphatic rings. The van der Waals surface area contributed by atoms with Crippen LogP contribution in [0.5, 0.6) is 0 Å². The molecule has 0 saturated carbocycles. The number of carbonyl (C=O) groups excluding carboxylic acids is 2. The first-order chi connectivity index (χ1) is 9.31. The molecule has 1 aromatic carbocycles. The Morgan fingerprint density at radius 3 is 2.20 bits per heavy atom. The van der Waals surface area contributed by atoms with E-state index in [0.717, 1.165) is 0 Å². The first-order valence-corrected chi connectivity index (χ1v) is 5.14. The molecule has 0 aliphatic heterocycles. The molecule has 104 valence electrons. The van der Waals surface area contributed by atoms with E-state index < -0.39 is 29.4 Å². The van der Waals surface area contributed by atoms with Crippen LogP contribution in [0.25, 0.3) is 5.76 Å². The number of rotatable bonds is 4. The van der Waals surface area contributed by atoms with E-state index in [1.165, 1.54) is 24.3 Å². The minimum absolute atomic E-state index is 0.0442. The molecule has 0 atom stereocenters. The van der Waals surface area contributed by atoms with E-state index in [0.29, 0.717) is 6.08 Å². The lowest BCUT2D eigenvalue weighted by atomic mass is 10.1. The molecule has 0 spiro atoms. The van der Waals surface area contributed by atoms with Crippen molar-refractivity contribution in [1.82, 2.24) is 0 Å². The van der Waals surface area contributed by atoms with Gasteiger partial charge < -0.3 is 20.6 Å². The number of aliphatic hydroxyl groups is 1. The molecule has 20 heavy (non-hydrogen) atoms. The van der Waals surface area contributed by atoms with E-state index >= 15 is 0 Å². The Morgan fingerprint density at radius 2 is 1.65 bits per heavy atom. The fraction of sp³-hybridized carbons (Fsp3) is 0. The number of amides is 1. The Hall–Kier alpha value is -3.16. The molecule has 1 aromatic rings. The first-order valence-electron chi connectivity index (χ1n) is 5.14. The van der Waals surface area contributed by atoms with E-state index in [1.54, 1.807) is 0 Å². The summed E-state index contributed by atoms with van der Waals surface area (Å²) in [6, 6.07) is 5.26. The van der Waals surface area contributed by atoms with Crippen molar-refractivity contribution >= 4 is 35.1 Å². The van der Waals surface area contributed by atoms with Gasteiger partial charge in [-0.3, -0.25) is 9.59 Å². The summed E-state index contributed by atoms with van der Waals surface area (Å²) in [7, 11) is 0. The molecule has 1 rings (SSSR count). The number of hydrogen-bond donors (Lipinski definition) is 4. The van der Waals surface area contributed by atoms with Crippen LogP contribution in [0.15, 0.2) is 30.3 Å². The number of hydrogen-bond acceptors (Lipinski definition) is 5. The van der Waals surface area contributed by atoms with Crippen LogP contribution in [0.1, 0.15) is 5.56 Å². The topological polar surface area (TPSA) is 141 Å². The largest absolute Gasteiger partial charge is 0.507 e. The third-order valence-electron chi connectivity index (χ3n) is 2.09. The summed E-state index contributed by atoms with van der Waals surface area (Å²) in [6.45, 7) is 0. The molecule has 4 N–H and O–H groups in total. The quantitative estimate of drug-likeness (QED) is 0.352. The van der Waals surface area contributed by atoms with Crippen molar-refractivity contribution in [3.63, 3.8) is 0 Å². The maximum absolute atomic E-state index is 10.9. The summed E-state index contributed by atoms with van der Waals surface area (Å²) in [4.78, 5) is 42.5. The maximum atomic E-state index is 10.9. The van der Waals surface area contributed by atoms with E-state index in [1.807, 2.05) is 5.32 Å². The minimum atomic E-state index is -1.73. The zero-order valence-corrected chi connectivity index (χ0v) is 9.86. The monoisotopic (exact) mass is 279 g/mol. The van der Waals surface area contributed by atoms with Crippen LogP contribution < -0.4 is 5.32 Å². The average molecular weight is 279 g/mol. The van der Waals surface area contributed by atoms with Gasteiger partial charge in [0.15, 0.2) is 0 Å². The molecule has 0 saturated heterocycles. The minimum Gasteiger partial charge on any atom is -0.507 e. The molecule has 0 heterocycles. The molecular weight excluding hydrogens is 270 g/mol. The number of aliphatic hydroxyl groups excluding tert-OH is 1. The van der Waals surface area contributed by atoms with Crippen LogP contribution in [0, 0.1) is 0 Å². The van der Waals surface area contributed by atoms with Crippen LogP contribution in [0.4, 0.5) is 5.69 Å². The van der Waals surface area contributed by atoms with Crippen molar-refractivity contribution in [2.45, 2.75) is 0 Å². The van der Waals surface area contributed by atoms with Gasteiger partial charge in [0, 0.05) is 17.3 Å². The van der Waals surface area contributed by atoms with Gasteiger partial charge in [-0.2, -0.15) is 0 Å². The van der Waals surface area contributed by atoms with Crippen molar-refractivity contribution in [3.8, 4) is 0 Å². The van der Waals surface area contributed by atoms with Crippen molar-refractivity contribution < 1.29 is 34.5 Å². The maximum Gasteiger partial charge on any atom is 0.394 e. The molecular formula is C12H9NO7. The van der Waals surface area contributed by atoms with Crippen LogP contribution in [-0.4, -0.2) is 38.9 Å². The normalized spacial score (nSPS) is 10.7. The molecule has 1 amide bonds. The predicted molar refractivity (Wildman–Crippen MR) is 66.0 cm³/mol. The summed E-state index contributed by atoms with van der Waals surface area (Å²) in [6.07, 6.45) is 0.500. The zero-order valence-electron chi connectivity index (χ0n) is 9.86. The highest BCUT2D eigenvalue weighted by atomic mass is 16.4. The third-order valence-corrected chi connectivity index (χ3v) is 2.09. The van der Waals surface area contributed by atoms with E-state index in [9.17, 15) is 24.3 Å². The number of nitrogens with one attached hydrogen (secondary N) is 1. The number of carboxylic acid groups (broad SMARTS) is 2. The van der Waals surface area contributed by atoms with Gasteiger partial charge in [0.05, 0.1) is 0 Å². The van der Waals surface area contributed by atoms with Gasteiger partial charge in [0.25, 0.3) is 5.78 Å². The number of benzene rings is 1.